The summed E-state index contributed by atoms with van der Waals surface area (Å²) in [7, 11) is 0. The van der Waals surface area contributed by atoms with Crippen LogP contribution in [-0.2, 0) is 4.79 Å². The van der Waals surface area contributed by atoms with Crippen molar-refractivity contribution in [3.63, 3.8) is 0 Å². The van der Waals surface area contributed by atoms with Gasteiger partial charge in [-0.15, -0.1) is 0 Å². The van der Waals surface area contributed by atoms with Gasteiger partial charge in [0.05, 0.1) is 0 Å². The van der Waals surface area contributed by atoms with Crippen molar-refractivity contribution in [2.45, 2.75) is 65.8 Å². The average molecular weight is 298 g/mol. The molecule has 0 saturated carbocycles. The summed E-state index contributed by atoms with van der Waals surface area (Å²) in [5.41, 5.74) is 0.262. The number of rotatable bonds is 4. The number of carboxylic acids is 1. The van der Waals surface area contributed by atoms with Crippen LogP contribution in [0.1, 0.15) is 59.8 Å². The molecule has 1 saturated heterocycles. The molecule has 0 aliphatic carbocycles. The van der Waals surface area contributed by atoms with E-state index in [0.717, 1.165) is 32.2 Å². The molecule has 1 unspecified atom stereocenters. The van der Waals surface area contributed by atoms with Gasteiger partial charge in [-0.3, -0.25) is 0 Å². The van der Waals surface area contributed by atoms with Crippen molar-refractivity contribution in [2.75, 3.05) is 13.1 Å². The maximum absolute atomic E-state index is 12.2. The van der Waals surface area contributed by atoms with Gasteiger partial charge in [0.15, 0.2) is 0 Å². The zero-order valence-electron chi connectivity index (χ0n) is 13.8. The molecule has 0 spiro atoms. The number of nitrogens with one attached hydrogen (secondary N) is 1. The minimum Gasteiger partial charge on any atom is -0.480 e. The summed E-state index contributed by atoms with van der Waals surface area (Å²) in [5, 5.41) is 11.8. The summed E-state index contributed by atoms with van der Waals surface area (Å²) < 4.78 is 0. The molecule has 122 valence electrons. The third kappa shape index (κ3) is 5.56. The van der Waals surface area contributed by atoms with Crippen molar-refractivity contribution in [3.05, 3.63) is 0 Å². The summed E-state index contributed by atoms with van der Waals surface area (Å²) in [6.45, 7) is 10.1. The highest BCUT2D eigenvalue weighted by Crippen LogP contribution is 2.34. The van der Waals surface area contributed by atoms with Crippen LogP contribution in [-0.4, -0.2) is 41.1 Å². The van der Waals surface area contributed by atoms with Crippen LogP contribution in [0.3, 0.4) is 0 Å². The van der Waals surface area contributed by atoms with Gasteiger partial charge in [0.25, 0.3) is 0 Å². The number of likely N-dealkylation sites (tertiary alicyclic amines) is 1. The van der Waals surface area contributed by atoms with Crippen LogP contribution >= 0.6 is 0 Å². The van der Waals surface area contributed by atoms with E-state index in [1.807, 2.05) is 6.92 Å². The Kier molecular flexibility index (Phi) is 6.49. The molecular weight excluding hydrogens is 268 g/mol. The Labute approximate surface area is 128 Å². The third-order valence-corrected chi connectivity index (χ3v) is 4.41. The fourth-order valence-electron chi connectivity index (χ4n) is 2.95. The van der Waals surface area contributed by atoms with Gasteiger partial charge in [0.1, 0.15) is 6.04 Å². The number of hydrogen-bond donors (Lipinski definition) is 2. The highest BCUT2D eigenvalue weighted by atomic mass is 16.4. The highest BCUT2D eigenvalue weighted by Gasteiger charge is 2.29. The first-order valence-electron chi connectivity index (χ1n) is 8.04. The molecule has 0 bridgehead atoms. The number of hydrogen-bond acceptors (Lipinski definition) is 2. The average Bonchev–Trinajstić information content (AvgIpc) is 2.63. The lowest BCUT2D eigenvalue weighted by molar-refractivity contribution is -0.139. The fraction of sp³-hybridized carbons (Fsp3) is 0.875. The summed E-state index contributed by atoms with van der Waals surface area (Å²) in [6, 6.07) is -1.01. The molecule has 2 N–H and O–H groups in total. The normalized spacial score (nSPS) is 21.5. The van der Waals surface area contributed by atoms with E-state index < -0.39 is 12.0 Å². The minimum atomic E-state index is -0.951. The summed E-state index contributed by atoms with van der Waals surface area (Å²) in [6.07, 6.45) is 4.32. The molecule has 0 aromatic rings. The first kappa shape index (κ1) is 17.8. The lowest BCUT2D eigenvalue weighted by Crippen LogP contribution is -2.48. The molecule has 21 heavy (non-hydrogen) atoms. The van der Waals surface area contributed by atoms with Crippen molar-refractivity contribution < 1.29 is 14.7 Å². The largest absolute Gasteiger partial charge is 0.480 e. The van der Waals surface area contributed by atoms with E-state index in [0.29, 0.717) is 18.9 Å². The van der Waals surface area contributed by atoms with Gasteiger partial charge < -0.3 is 15.3 Å². The highest BCUT2D eigenvalue weighted by molar-refractivity contribution is 5.82. The summed E-state index contributed by atoms with van der Waals surface area (Å²) in [4.78, 5) is 25.1. The first-order valence-corrected chi connectivity index (χ1v) is 8.04. The van der Waals surface area contributed by atoms with Gasteiger partial charge in [-0.2, -0.15) is 0 Å². The SMILES string of the molecule is CCC[C@H](NC(=O)N1CCCC(C(C)(C)C)CC1)C(=O)O. The van der Waals surface area contributed by atoms with Crippen LogP contribution in [0.4, 0.5) is 4.79 Å². The second-order valence-electron chi connectivity index (χ2n) is 7.11. The molecule has 5 heteroatoms. The second-order valence-corrected chi connectivity index (χ2v) is 7.11. The van der Waals surface area contributed by atoms with E-state index in [2.05, 4.69) is 26.1 Å². The third-order valence-electron chi connectivity index (χ3n) is 4.41. The zero-order chi connectivity index (χ0) is 16.0. The van der Waals surface area contributed by atoms with E-state index in [1.54, 1.807) is 4.90 Å². The molecule has 0 aromatic heterocycles. The Morgan fingerprint density at radius 2 is 1.95 bits per heavy atom. The monoisotopic (exact) mass is 298 g/mol. The summed E-state index contributed by atoms with van der Waals surface area (Å²) >= 11 is 0. The Morgan fingerprint density at radius 1 is 1.29 bits per heavy atom. The van der Waals surface area contributed by atoms with Crippen molar-refractivity contribution in [3.8, 4) is 0 Å². The van der Waals surface area contributed by atoms with Gasteiger partial charge in [-0.25, -0.2) is 9.59 Å². The van der Waals surface area contributed by atoms with E-state index in [9.17, 15) is 9.59 Å². The number of carbonyl (C=O) groups is 2. The van der Waals surface area contributed by atoms with Gasteiger partial charge in [-0.1, -0.05) is 34.1 Å². The van der Waals surface area contributed by atoms with E-state index in [4.69, 9.17) is 5.11 Å². The lowest BCUT2D eigenvalue weighted by atomic mass is 9.77. The molecule has 1 heterocycles. The quantitative estimate of drug-likeness (QED) is 0.838. The summed E-state index contributed by atoms with van der Waals surface area (Å²) in [5.74, 6) is -0.339. The number of nitrogens with zero attached hydrogens (tertiary/aromatic N) is 1. The number of urea groups is 1. The standard InChI is InChI=1S/C16H30N2O3/c1-5-7-13(14(19)20)17-15(21)18-10-6-8-12(9-11-18)16(2,3)4/h12-13H,5-11H2,1-4H3,(H,17,21)(H,19,20)/t12?,13-/m0/s1. The number of carbonyl (C=O) groups excluding carboxylic acids is 1. The second kappa shape index (κ2) is 7.66. The van der Waals surface area contributed by atoms with Crippen LogP contribution in [0.5, 0.6) is 0 Å². The Morgan fingerprint density at radius 3 is 2.48 bits per heavy atom. The van der Waals surface area contributed by atoms with Crippen LogP contribution < -0.4 is 5.32 Å². The molecule has 1 aliphatic rings. The molecule has 0 radical (unpaired) electrons. The minimum absolute atomic E-state index is 0.231. The smallest absolute Gasteiger partial charge is 0.326 e. The Hall–Kier alpha value is -1.26. The zero-order valence-corrected chi connectivity index (χ0v) is 13.8. The van der Waals surface area contributed by atoms with Crippen molar-refractivity contribution in [1.29, 1.82) is 0 Å². The molecule has 2 amide bonds. The van der Waals surface area contributed by atoms with Gasteiger partial charge >= 0.3 is 12.0 Å². The molecule has 2 atom stereocenters. The predicted octanol–water partition coefficient (Wildman–Crippen LogP) is 3.10. The van der Waals surface area contributed by atoms with Crippen molar-refractivity contribution >= 4 is 12.0 Å². The first-order chi connectivity index (χ1) is 9.75. The van der Waals surface area contributed by atoms with Crippen LogP contribution in [0.25, 0.3) is 0 Å². The van der Waals surface area contributed by atoms with Crippen molar-refractivity contribution in [1.82, 2.24) is 10.2 Å². The van der Waals surface area contributed by atoms with Crippen LogP contribution in [0.2, 0.25) is 0 Å². The van der Waals surface area contributed by atoms with Gasteiger partial charge in [-0.05, 0) is 37.0 Å². The van der Waals surface area contributed by atoms with E-state index in [-0.39, 0.29) is 11.4 Å². The molecule has 5 nitrogen and oxygen atoms in total. The Bertz CT molecular complexity index is 363. The maximum atomic E-state index is 12.2. The Balaban J connectivity index is 2.57. The molecular formula is C16H30N2O3. The number of aliphatic carboxylic acids is 1. The van der Waals surface area contributed by atoms with Crippen LogP contribution in [0.15, 0.2) is 0 Å². The predicted molar refractivity (Wildman–Crippen MR) is 83.2 cm³/mol. The number of carboxylic acid groups (broad SMARTS) is 1. The maximum Gasteiger partial charge on any atom is 0.326 e. The van der Waals surface area contributed by atoms with Crippen LogP contribution in [0, 0.1) is 11.3 Å². The van der Waals surface area contributed by atoms with Gasteiger partial charge in [0, 0.05) is 13.1 Å². The molecule has 1 rings (SSSR count). The number of amides is 2. The lowest BCUT2D eigenvalue weighted by Gasteiger charge is -2.30. The van der Waals surface area contributed by atoms with Gasteiger partial charge in [0.2, 0.25) is 0 Å². The molecule has 0 aromatic carbocycles. The van der Waals surface area contributed by atoms with Crippen molar-refractivity contribution in [2.24, 2.45) is 11.3 Å². The topological polar surface area (TPSA) is 69.6 Å². The van der Waals surface area contributed by atoms with E-state index >= 15 is 0 Å². The fourth-order valence-corrected chi connectivity index (χ4v) is 2.95. The molecule has 1 aliphatic heterocycles. The molecule has 1 fully saturated rings. The van der Waals surface area contributed by atoms with E-state index in [1.165, 1.54) is 0 Å².